The molecule has 19 heavy (non-hydrogen) atoms. The molecule has 2 rings (SSSR count). The molecule has 0 unspecified atom stereocenters. The molecule has 0 aliphatic carbocycles. The summed E-state index contributed by atoms with van der Waals surface area (Å²) in [6, 6.07) is 4.75. The molecule has 1 aromatic heterocycles. The normalized spacial score (nSPS) is 12.7. The molecule has 0 amide bonds. The maximum absolute atomic E-state index is 14.2. The molecule has 0 fully saturated rings. The van der Waals surface area contributed by atoms with Gasteiger partial charge in [-0.2, -0.15) is 5.10 Å². The third kappa shape index (κ3) is 2.28. The Balaban J connectivity index is 2.72. The number of aryl methyl sites for hydroxylation is 1. The van der Waals surface area contributed by atoms with Crippen molar-refractivity contribution in [2.75, 3.05) is 0 Å². The maximum atomic E-state index is 14.2. The van der Waals surface area contributed by atoms with E-state index in [0.29, 0.717) is 5.69 Å². The summed E-state index contributed by atoms with van der Waals surface area (Å²) in [5.41, 5.74) is 10.3. The highest BCUT2D eigenvalue weighted by atomic mass is 19.1. The highest BCUT2D eigenvalue weighted by Crippen LogP contribution is 2.26. The zero-order chi connectivity index (χ0) is 14.2. The summed E-state index contributed by atoms with van der Waals surface area (Å²) in [5, 5.41) is 4.48. The molecule has 3 nitrogen and oxygen atoms in total. The highest BCUT2D eigenvalue weighted by Gasteiger charge is 2.18. The fraction of sp³-hybridized carbons (Fsp3) is 0.400. The van der Waals surface area contributed by atoms with Crippen molar-refractivity contribution in [2.45, 2.75) is 40.2 Å². The Hall–Kier alpha value is -1.68. The van der Waals surface area contributed by atoms with E-state index in [1.54, 1.807) is 10.7 Å². The van der Waals surface area contributed by atoms with Crippen LogP contribution in [-0.2, 0) is 6.42 Å². The Kier molecular flexibility index (Phi) is 3.71. The molecule has 4 heteroatoms. The number of aromatic nitrogens is 2. The van der Waals surface area contributed by atoms with Crippen molar-refractivity contribution in [3.8, 4) is 5.69 Å². The minimum atomic E-state index is -0.289. The minimum absolute atomic E-state index is 0.236. The van der Waals surface area contributed by atoms with E-state index in [0.717, 1.165) is 23.4 Å². The van der Waals surface area contributed by atoms with Crippen LogP contribution in [0.15, 0.2) is 18.2 Å². The number of nitrogens with two attached hydrogens (primary N) is 1. The second kappa shape index (κ2) is 5.13. The summed E-state index contributed by atoms with van der Waals surface area (Å²) in [6.07, 6.45) is 0.889. The third-order valence-corrected chi connectivity index (χ3v) is 3.52. The zero-order valence-electron chi connectivity index (χ0n) is 11.9. The average Bonchev–Trinajstić information content (AvgIpc) is 2.63. The number of nitrogens with zero attached hydrogens (tertiary/aromatic N) is 2. The van der Waals surface area contributed by atoms with Gasteiger partial charge in [0.1, 0.15) is 11.5 Å². The number of hydrogen-bond acceptors (Lipinski definition) is 2. The van der Waals surface area contributed by atoms with E-state index in [9.17, 15) is 4.39 Å². The SMILES string of the molecule is CCc1c(C)nn(-c2c(F)cccc2[C@@H](C)N)c1C. The summed E-state index contributed by atoms with van der Waals surface area (Å²) in [7, 11) is 0. The van der Waals surface area contributed by atoms with Gasteiger partial charge in [-0.1, -0.05) is 19.1 Å². The minimum Gasteiger partial charge on any atom is -0.324 e. The first kappa shape index (κ1) is 13.7. The zero-order valence-corrected chi connectivity index (χ0v) is 11.9. The van der Waals surface area contributed by atoms with Crippen molar-refractivity contribution in [3.05, 3.63) is 46.5 Å². The topological polar surface area (TPSA) is 43.8 Å². The van der Waals surface area contributed by atoms with Crippen LogP contribution in [0.1, 0.15) is 42.4 Å². The largest absolute Gasteiger partial charge is 0.324 e. The van der Waals surface area contributed by atoms with Gasteiger partial charge in [0.05, 0.1) is 5.69 Å². The molecule has 0 bridgehead atoms. The van der Waals surface area contributed by atoms with Gasteiger partial charge in [-0.05, 0) is 44.4 Å². The van der Waals surface area contributed by atoms with Gasteiger partial charge in [-0.25, -0.2) is 9.07 Å². The summed E-state index contributed by atoms with van der Waals surface area (Å²) >= 11 is 0. The quantitative estimate of drug-likeness (QED) is 0.922. The molecule has 0 radical (unpaired) electrons. The van der Waals surface area contributed by atoms with Crippen LogP contribution in [0, 0.1) is 19.7 Å². The Morgan fingerprint density at radius 3 is 2.58 bits per heavy atom. The smallest absolute Gasteiger partial charge is 0.149 e. The van der Waals surface area contributed by atoms with Gasteiger partial charge in [-0.3, -0.25) is 0 Å². The molecular formula is C15H20FN3. The molecule has 0 aliphatic rings. The van der Waals surface area contributed by atoms with E-state index >= 15 is 0 Å². The van der Waals surface area contributed by atoms with Crippen molar-refractivity contribution >= 4 is 0 Å². The van der Waals surface area contributed by atoms with Crippen LogP contribution in [0.5, 0.6) is 0 Å². The van der Waals surface area contributed by atoms with Crippen molar-refractivity contribution < 1.29 is 4.39 Å². The lowest BCUT2D eigenvalue weighted by Gasteiger charge is -2.15. The molecule has 2 aromatic rings. The number of benzene rings is 1. The first-order chi connectivity index (χ1) is 8.97. The number of para-hydroxylation sites is 1. The molecule has 2 N–H and O–H groups in total. The van der Waals surface area contributed by atoms with Crippen LogP contribution in [0.4, 0.5) is 4.39 Å². The molecule has 1 heterocycles. The lowest BCUT2D eigenvalue weighted by Crippen LogP contribution is -2.13. The van der Waals surface area contributed by atoms with Gasteiger partial charge in [0, 0.05) is 11.7 Å². The van der Waals surface area contributed by atoms with Gasteiger partial charge < -0.3 is 5.73 Å². The number of rotatable bonds is 3. The monoisotopic (exact) mass is 261 g/mol. The second-order valence-corrected chi connectivity index (χ2v) is 4.88. The molecule has 102 valence electrons. The second-order valence-electron chi connectivity index (χ2n) is 4.88. The Morgan fingerprint density at radius 1 is 1.37 bits per heavy atom. The molecule has 0 aliphatic heterocycles. The van der Waals surface area contributed by atoms with E-state index < -0.39 is 0 Å². The predicted octanol–water partition coefficient (Wildman–Crippen LogP) is 3.21. The van der Waals surface area contributed by atoms with Crippen LogP contribution in [0.25, 0.3) is 5.69 Å². The molecule has 0 saturated carbocycles. The third-order valence-electron chi connectivity index (χ3n) is 3.52. The summed E-state index contributed by atoms with van der Waals surface area (Å²) in [4.78, 5) is 0. The van der Waals surface area contributed by atoms with Gasteiger partial charge in [0.25, 0.3) is 0 Å². The molecule has 1 atom stereocenters. The van der Waals surface area contributed by atoms with Crippen LogP contribution in [0.3, 0.4) is 0 Å². The van der Waals surface area contributed by atoms with Gasteiger partial charge in [0.2, 0.25) is 0 Å². The summed E-state index contributed by atoms with van der Waals surface area (Å²) in [6.45, 7) is 7.85. The van der Waals surface area contributed by atoms with E-state index in [4.69, 9.17) is 5.73 Å². The van der Waals surface area contributed by atoms with Crippen LogP contribution >= 0.6 is 0 Å². The Bertz CT molecular complexity index is 600. The molecular weight excluding hydrogens is 241 g/mol. The van der Waals surface area contributed by atoms with Gasteiger partial charge in [-0.15, -0.1) is 0 Å². The van der Waals surface area contributed by atoms with Crippen molar-refractivity contribution in [1.82, 2.24) is 9.78 Å². The Labute approximate surface area is 113 Å². The van der Waals surface area contributed by atoms with Crippen LogP contribution in [-0.4, -0.2) is 9.78 Å². The van der Waals surface area contributed by atoms with Gasteiger partial charge >= 0.3 is 0 Å². The van der Waals surface area contributed by atoms with E-state index in [-0.39, 0.29) is 11.9 Å². The average molecular weight is 261 g/mol. The van der Waals surface area contributed by atoms with Crippen molar-refractivity contribution in [3.63, 3.8) is 0 Å². The van der Waals surface area contributed by atoms with Gasteiger partial charge in [0.15, 0.2) is 0 Å². The van der Waals surface area contributed by atoms with Crippen molar-refractivity contribution in [2.24, 2.45) is 5.73 Å². The lowest BCUT2D eigenvalue weighted by atomic mass is 10.1. The van der Waals surface area contributed by atoms with Crippen LogP contribution < -0.4 is 5.73 Å². The van der Waals surface area contributed by atoms with Crippen LogP contribution in [0.2, 0.25) is 0 Å². The van der Waals surface area contributed by atoms with E-state index in [1.165, 1.54) is 11.6 Å². The lowest BCUT2D eigenvalue weighted by molar-refractivity contribution is 0.599. The fourth-order valence-electron chi connectivity index (χ4n) is 2.53. The molecule has 1 aromatic carbocycles. The standard InChI is InChI=1S/C15H20FN3/c1-5-12-10(3)18-19(11(12)4)15-13(9(2)17)7-6-8-14(15)16/h6-9H,5,17H2,1-4H3/t9-/m1/s1. The summed E-state index contributed by atoms with van der Waals surface area (Å²) in [5.74, 6) is -0.289. The highest BCUT2D eigenvalue weighted by molar-refractivity contribution is 5.46. The molecule has 0 spiro atoms. The Morgan fingerprint density at radius 2 is 2.05 bits per heavy atom. The van der Waals surface area contributed by atoms with Crippen molar-refractivity contribution in [1.29, 1.82) is 0 Å². The maximum Gasteiger partial charge on any atom is 0.149 e. The van der Waals surface area contributed by atoms with E-state index in [2.05, 4.69) is 12.0 Å². The first-order valence-corrected chi connectivity index (χ1v) is 6.56. The number of halogens is 1. The number of hydrogen-bond donors (Lipinski definition) is 1. The first-order valence-electron chi connectivity index (χ1n) is 6.56. The predicted molar refractivity (Wildman–Crippen MR) is 75.0 cm³/mol. The molecule has 0 saturated heterocycles. The summed E-state index contributed by atoms with van der Waals surface area (Å²) < 4.78 is 15.9. The van der Waals surface area contributed by atoms with E-state index in [1.807, 2.05) is 26.8 Å². The fourth-order valence-corrected chi connectivity index (χ4v) is 2.53.